The minimum atomic E-state index is -0.298. The van der Waals surface area contributed by atoms with Gasteiger partial charge in [-0.3, -0.25) is 4.79 Å². The van der Waals surface area contributed by atoms with Gasteiger partial charge in [0.2, 0.25) is 0 Å². The molecule has 8 heteroatoms. The highest BCUT2D eigenvalue weighted by molar-refractivity contribution is 7.98. The van der Waals surface area contributed by atoms with Gasteiger partial charge in [-0.25, -0.2) is 0 Å². The third-order valence-electron chi connectivity index (χ3n) is 4.39. The van der Waals surface area contributed by atoms with E-state index in [1.165, 1.54) is 11.3 Å². The summed E-state index contributed by atoms with van der Waals surface area (Å²) in [5, 5.41) is 0. The third-order valence-corrected chi connectivity index (χ3v) is 6.04. The molecule has 2 heterocycles. The average molecular weight is 417 g/mol. The summed E-state index contributed by atoms with van der Waals surface area (Å²) in [4.78, 5) is 17.9. The van der Waals surface area contributed by atoms with Gasteiger partial charge in [-0.15, -0.1) is 0 Å². The maximum absolute atomic E-state index is 12.8. The first kappa shape index (κ1) is 18.9. The van der Waals surface area contributed by atoms with Gasteiger partial charge in [-0.1, -0.05) is 11.3 Å². The van der Waals surface area contributed by atoms with Crippen LogP contribution in [0.3, 0.4) is 0 Å². The molecule has 1 aliphatic heterocycles. The lowest BCUT2D eigenvalue weighted by Gasteiger charge is -2.18. The molecule has 0 N–H and O–H groups in total. The summed E-state index contributed by atoms with van der Waals surface area (Å²) in [6, 6.07) is 11.1. The summed E-state index contributed by atoms with van der Waals surface area (Å²) in [5.41, 5.74) is 1.50. The standard InChI is InChI=1S/C20H20N2O4S2/c1-24-14-4-6-18-15(12-14)22(7-10-27-2)20(28-18)21-19(23)13-3-5-16-17(11-13)26-9-8-25-16/h3-6,11-12H,7-10H2,1-2H3. The van der Waals surface area contributed by atoms with Gasteiger partial charge in [0.1, 0.15) is 19.0 Å². The zero-order chi connectivity index (χ0) is 19.5. The van der Waals surface area contributed by atoms with Crippen molar-refractivity contribution in [2.75, 3.05) is 32.3 Å². The molecule has 146 valence electrons. The minimum absolute atomic E-state index is 0.298. The number of carbonyl (C=O) groups excluding carboxylic acids is 1. The van der Waals surface area contributed by atoms with E-state index in [-0.39, 0.29) is 5.91 Å². The first-order valence-corrected chi connectivity index (χ1v) is 11.1. The van der Waals surface area contributed by atoms with Crippen LogP contribution < -0.4 is 19.0 Å². The maximum Gasteiger partial charge on any atom is 0.279 e. The Balaban J connectivity index is 1.76. The number of fused-ring (bicyclic) bond motifs is 2. The number of ether oxygens (including phenoxy) is 3. The Morgan fingerprint density at radius 3 is 2.82 bits per heavy atom. The van der Waals surface area contributed by atoms with Crippen LogP contribution in [0.1, 0.15) is 10.4 Å². The summed E-state index contributed by atoms with van der Waals surface area (Å²) in [5.74, 6) is 2.66. The van der Waals surface area contributed by atoms with Crippen molar-refractivity contribution in [1.82, 2.24) is 4.57 Å². The molecule has 2 aromatic carbocycles. The molecule has 1 aromatic heterocycles. The first-order chi connectivity index (χ1) is 13.7. The number of amides is 1. The van der Waals surface area contributed by atoms with E-state index in [2.05, 4.69) is 15.8 Å². The summed E-state index contributed by atoms with van der Waals surface area (Å²) >= 11 is 3.25. The molecule has 28 heavy (non-hydrogen) atoms. The third kappa shape index (κ3) is 3.74. The number of aryl methyl sites for hydroxylation is 1. The molecular weight excluding hydrogens is 396 g/mol. The zero-order valence-electron chi connectivity index (χ0n) is 15.6. The number of methoxy groups -OCH3 is 1. The molecule has 0 radical (unpaired) electrons. The van der Waals surface area contributed by atoms with Gasteiger partial charge >= 0.3 is 0 Å². The van der Waals surface area contributed by atoms with Crippen molar-refractivity contribution < 1.29 is 19.0 Å². The van der Waals surface area contributed by atoms with Crippen LogP contribution in [0.25, 0.3) is 10.2 Å². The molecule has 0 fully saturated rings. The van der Waals surface area contributed by atoms with Crippen molar-refractivity contribution in [2.45, 2.75) is 6.54 Å². The highest BCUT2D eigenvalue weighted by Crippen LogP contribution is 2.31. The van der Waals surface area contributed by atoms with Gasteiger partial charge in [0.15, 0.2) is 16.3 Å². The Morgan fingerprint density at radius 2 is 2.04 bits per heavy atom. The number of hydrogen-bond acceptors (Lipinski definition) is 6. The SMILES string of the molecule is COc1ccc2sc(=NC(=O)c3ccc4c(c3)OCCO4)n(CCSC)c2c1. The fourth-order valence-corrected chi connectivity index (χ4v) is 4.39. The second-order valence-electron chi connectivity index (χ2n) is 6.14. The van der Waals surface area contributed by atoms with Crippen molar-refractivity contribution in [3.63, 3.8) is 0 Å². The topological polar surface area (TPSA) is 62.1 Å². The van der Waals surface area contributed by atoms with E-state index in [1.807, 2.05) is 18.2 Å². The summed E-state index contributed by atoms with van der Waals surface area (Å²) in [6.45, 7) is 1.77. The number of aromatic nitrogens is 1. The molecule has 1 aliphatic rings. The monoisotopic (exact) mass is 416 g/mol. The molecule has 0 atom stereocenters. The Morgan fingerprint density at radius 1 is 1.21 bits per heavy atom. The Kier molecular flexibility index (Phi) is 5.59. The van der Waals surface area contributed by atoms with E-state index in [9.17, 15) is 4.79 Å². The Bertz CT molecular complexity index is 1090. The predicted octanol–water partition coefficient (Wildman–Crippen LogP) is 3.59. The largest absolute Gasteiger partial charge is 0.497 e. The average Bonchev–Trinajstić information content (AvgIpc) is 3.07. The van der Waals surface area contributed by atoms with Gasteiger partial charge in [-0.05, 0) is 36.6 Å². The number of benzene rings is 2. The van der Waals surface area contributed by atoms with E-state index >= 15 is 0 Å². The van der Waals surface area contributed by atoms with Crippen LogP contribution in [0, 0.1) is 0 Å². The number of rotatable bonds is 5. The number of hydrogen-bond donors (Lipinski definition) is 0. The normalized spacial score (nSPS) is 13.7. The number of thiazole rings is 1. The van der Waals surface area contributed by atoms with Gasteiger partial charge in [0.25, 0.3) is 5.91 Å². The molecule has 6 nitrogen and oxygen atoms in total. The fraction of sp³-hybridized carbons (Fsp3) is 0.300. The number of carbonyl (C=O) groups is 1. The molecule has 0 unspecified atom stereocenters. The van der Waals surface area contributed by atoms with E-state index < -0.39 is 0 Å². The van der Waals surface area contributed by atoms with Crippen molar-refractivity contribution >= 4 is 39.2 Å². The van der Waals surface area contributed by atoms with Crippen molar-refractivity contribution in [3.05, 3.63) is 46.8 Å². The van der Waals surface area contributed by atoms with Crippen molar-refractivity contribution in [3.8, 4) is 17.2 Å². The summed E-state index contributed by atoms with van der Waals surface area (Å²) in [6.07, 6.45) is 2.06. The van der Waals surface area contributed by atoms with E-state index in [1.54, 1.807) is 37.1 Å². The molecular formula is C20H20N2O4S2. The smallest absolute Gasteiger partial charge is 0.279 e. The molecule has 4 rings (SSSR count). The van der Waals surface area contributed by atoms with Gasteiger partial charge in [-0.2, -0.15) is 16.8 Å². The van der Waals surface area contributed by atoms with Gasteiger partial charge < -0.3 is 18.8 Å². The van der Waals surface area contributed by atoms with Gasteiger partial charge in [0.05, 0.1) is 17.3 Å². The molecule has 0 saturated carbocycles. The first-order valence-electron chi connectivity index (χ1n) is 8.84. The fourth-order valence-electron chi connectivity index (χ4n) is 2.99. The van der Waals surface area contributed by atoms with E-state index in [4.69, 9.17) is 14.2 Å². The zero-order valence-corrected chi connectivity index (χ0v) is 17.3. The molecule has 0 saturated heterocycles. The van der Waals surface area contributed by atoms with Crippen molar-refractivity contribution in [1.29, 1.82) is 0 Å². The molecule has 0 aliphatic carbocycles. The molecule has 3 aromatic rings. The van der Waals surface area contributed by atoms with Gasteiger partial charge in [0, 0.05) is 23.9 Å². The number of nitrogens with zero attached hydrogens (tertiary/aromatic N) is 2. The Labute approximate surface area is 170 Å². The van der Waals surface area contributed by atoms with E-state index in [0.29, 0.717) is 35.1 Å². The van der Waals surface area contributed by atoms with E-state index in [0.717, 1.165) is 28.3 Å². The van der Waals surface area contributed by atoms with Crippen LogP contribution >= 0.6 is 23.1 Å². The lowest BCUT2D eigenvalue weighted by atomic mass is 10.2. The maximum atomic E-state index is 12.8. The highest BCUT2D eigenvalue weighted by Gasteiger charge is 2.15. The van der Waals surface area contributed by atoms with Crippen LogP contribution in [0.2, 0.25) is 0 Å². The van der Waals surface area contributed by atoms with Crippen LogP contribution in [-0.2, 0) is 6.54 Å². The quantitative estimate of drug-likeness (QED) is 0.636. The lowest BCUT2D eigenvalue weighted by molar-refractivity contribution is 0.0996. The predicted molar refractivity (Wildman–Crippen MR) is 112 cm³/mol. The van der Waals surface area contributed by atoms with Crippen LogP contribution in [0.15, 0.2) is 41.4 Å². The molecule has 1 amide bonds. The van der Waals surface area contributed by atoms with Crippen LogP contribution in [0.4, 0.5) is 0 Å². The molecule has 0 bridgehead atoms. The second kappa shape index (κ2) is 8.28. The summed E-state index contributed by atoms with van der Waals surface area (Å²) in [7, 11) is 1.65. The molecule has 0 spiro atoms. The minimum Gasteiger partial charge on any atom is -0.497 e. The highest BCUT2D eigenvalue weighted by atomic mass is 32.2. The van der Waals surface area contributed by atoms with Crippen LogP contribution in [0.5, 0.6) is 17.2 Å². The van der Waals surface area contributed by atoms with Crippen molar-refractivity contribution in [2.24, 2.45) is 4.99 Å². The Hall–Kier alpha value is -2.45. The van der Waals surface area contributed by atoms with Crippen LogP contribution in [-0.4, -0.2) is 42.8 Å². The second-order valence-corrected chi connectivity index (χ2v) is 8.13. The summed E-state index contributed by atoms with van der Waals surface area (Å²) < 4.78 is 19.6. The number of thioether (sulfide) groups is 1. The lowest BCUT2D eigenvalue weighted by Crippen LogP contribution is -2.18.